The molecule has 0 radical (unpaired) electrons. The molecule has 0 amide bonds. The highest BCUT2D eigenvalue weighted by Crippen LogP contribution is 2.34. The Bertz CT molecular complexity index is 344. The summed E-state index contributed by atoms with van der Waals surface area (Å²) in [5.41, 5.74) is -1.05. The lowest BCUT2D eigenvalue weighted by Gasteiger charge is -2.12. The second kappa shape index (κ2) is 4.15. The molecule has 0 spiro atoms. The molecule has 3 nitrogen and oxygen atoms in total. The van der Waals surface area contributed by atoms with Gasteiger partial charge < -0.3 is 10.0 Å². The van der Waals surface area contributed by atoms with Gasteiger partial charge in [0.25, 0.3) is 0 Å². The summed E-state index contributed by atoms with van der Waals surface area (Å²) in [4.78, 5) is 3.28. The summed E-state index contributed by atoms with van der Waals surface area (Å²) >= 11 is 0. The third kappa shape index (κ3) is 2.90. The first-order chi connectivity index (χ1) is 6.82. The van der Waals surface area contributed by atoms with Crippen LogP contribution in [0.15, 0.2) is 18.5 Å². The number of aromatic nitrogens is 1. The van der Waals surface area contributed by atoms with Gasteiger partial charge in [-0.2, -0.15) is 13.2 Å². The van der Waals surface area contributed by atoms with Crippen LogP contribution in [0.1, 0.15) is 11.7 Å². The van der Waals surface area contributed by atoms with E-state index in [9.17, 15) is 17.6 Å². The van der Waals surface area contributed by atoms with E-state index in [0.717, 1.165) is 6.20 Å². The van der Waals surface area contributed by atoms with Crippen LogP contribution in [0.25, 0.3) is 0 Å². The number of nitrogens with zero attached hydrogens (tertiary/aromatic N) is 1. The van der Waals surface area contributed by atoms with E-state index >= 15 is 0 Å². The Balaban J connectivity index is 3.00. The third-order valence-corrected chi connectivity index (χ3v) is 1.66. The minimum absolute atomic E-state index is 0.292. The van der Waals surface area contributed by atoms with Crippen molar-refractivity contribution in [3.05, 3.63) is 24.0 Å². The molecule has 15 heavy (non-hydrogen) atoms. The molecule has 82 valence electrons. The van der Waals surface area contributed by atoms with Crippen molar-refractivity contribution in [1.29, 1.82) is 0 Å². The maximum absolute atomic E-state index is 12.8. The van der Waals surface area contributed by atoms with Crippen LogP contribution in [0.4, 0.5) is 17.6 Å². The summed E-state index contributed by atoms with van der Waals surface area (Å²) in [5, 5.41) is 17.3. The van der Waals surface area contributed by atoms with Crippen molar-refractivity contribution in [3.63, 3.8) is 0 Å². The third-order valence-electron chi connectivity index (χ3n) is 1.66. The maximum atomic E-state index is 12.8. The fourth-order valence-corrected chi connectivity index (χ4v) is 0.945. The number of pyridine rings is 1. The first-order valence-electron chi connectivity index (χ1n) is 3.84. The molecule has 0 bridgehead atoms. The Morgan fingerprint density at radius 2 is 1.87 bits per heavy atom. The zero-order chi connectivity index (χ0) is 11.6. The molecule has 0 aromatic carbocycles. The summed E-state index contributed by atoms with van der Waals surface area (Å²) in [6.45, 7) is 0. The van der Waals surface area contributed by atoms with Crippen LogP contribution in [0.2, 0.25) is 0 Å². The van der Waals surface area contributed by atoms with Crippen LogP contribution >= 0.6 is 0 Å². The van der Waals surface area contributed by atoms with Crippen LogP contribution < -0.4 is 5.46 Å². The molecular formula is C7H6BF4NO2. The summed E-state index contributed by atoms with van der Waals surface area (Å²) in [5.74, 6) is 0. The van der Waals surface area contributed by atoms with Crippen molar-refractivity contribution in [3.8, 4) is 0 Å². The second-order valence-electron chi connectivity index (χ2n) is 2.83. The van der Waals surface area contributed by atoms with Crippen LogP contribution in [-0.2, 0) is 0 Å². The van der Waals surface area contributed by atoms with Gasteiger partial charge in [-0.25, -0.2) is 4.39 Å². The monoisotopic (exact) mass is 223 g/mol. The highest BCUT2D eigenvalue weighted by molar-refractivity contribution is 6.58. The number of alkyl halides is 4. The van der Waals surface area contributed by atoms with E-state index in [2.05, 4.69) is 4.98 Å². The van der Waals surface area contributed by atoms with E-state index in [1.165, 1.54) is 0 Å². The lowest BCUT2D eigenvalue weighted by Crippen LogP contribution is -2.31. The Morgan fingerprint density at radius 3 is 2.33 bits per heavy atom. The topological polar surface area (TPSA) is 53.4 Å². The summed E-state index contributed by atoms with van der Waals surface area (Å²) < 4.78 is 48.6. The minimum Gasteiger partial charge on any atom is -0.423 e. The number of hydrogen-bond donors (Lipinski definition) is 2. The van der Waals surface area contributed by atoms with Gasteiger partial charge in [-0.3, -0.25) is 4.98 Å². The average molecular weight is 223 g/mol. The van der Waals surface area contributed by atoms with Gasteiger partial charge in [0.05, 0.1) is 0 Å². The smallest absolute Gasteiger partial charge is 0.423 e. The highest BCUT2D eigenvalue weighted by Gasteiger charge is 2.41. The van der Waals surface area contributed by atoms with Gasteiger partial charge in [0, 0.05) is 23.4 Å². The van der Waals surface area contributed by atoms with E-state index in [-0.39, 0.29) is 5.46 Å². The standard InChI is InChI=1S/C7H6BF4NO2/c9-6(7(10,11)12)4-1-5(8(14)15)3-13-2-4/h1-3,6,14-15H. The van der Waals surface area contributed by atoms with E-state index < -0.39 is 25.0 Å². The Labute approximate surface area is 82.5 Å². The molecule has 2 N–H and O–H groups in total. The minimum atomic E-state index is -5.03. The Hall–Kier alpha value is -1.15. The van der Waals surface area contributed by atoms with Gasteiger partial charge in [0.1, 0.15) is 0 Å². The Morgan fingerprint density at radius 1 is 1.27 bits per heavy atom. The van der Waals surface area contributed by atoms with E-state index in [0.29, 0.717) is 12.3 Å². The largest absolute Gasteiger partial charge is 0.490 e. The first kappa shape index (κ1) is 11.9. The first-order valence-corrected chi connectivity index (χ1v) is 3.84. The van der Waals surface area contributed by atoms with Crippen molar-refractivity contribution in [2.45, 2.75) is 12.3 Å². The maximum Gasteiger partial charge on any atom is 0.490 e. The Kier molecular flexibility index (Phi) is 3.30. The van der Waals surface area contributed by atoms with Gasteiger partial charge in [-0.05, 0) is 0 Å². The molecule has 0 aliphatic rings. The van der Waals surface area contributed by atoms with Crippen molar-refractivity contribution < 1.29 is 27.6 Å². The van der Waals surface area contributed by atoms with Gasteiger partial charge in [0.2, 0.25) is 6.17 Å². The van der Waals surface area contributed by atoms with E-state index in [1.807, 2.05) is 0 Å². The molecule has 1 unspecified atom stereocenters. The zero-order valence-corrected chi connectivity index (χ0v) is 7.24. The van der Waals surface area contributed by atoms with Gasteiger partial charge in [-0.1, -0.05) is 6.07 Å². The molecule has 1 heterocycles. The van der Waals surface area contributed by atoms with Crippen molar-refractivity contribution in [2.75, 3.05) is 0 Å². The van der Waals surface area contributed by atoms with Crippen LogP contribution in [0.3, 0.4) is 0 Å². The van der Waals surface area contributed by atoms with Crippen molar-refractivity contribution >= 4 is 12.6 Å². The molecule has 0 aliphatic carbocycles. The molecule has 8 heteroatoms. The van der Waals surface area contributed by atoms with E-state index in [4.69, 9.17) is 10.0 Å². The molecule has 0 fully saturated rings. The lowest BCUT2D eigenvalue weighted by atomic mass is 9.81. The molecule has 0 saturated carbocycles. The zero-order valence-electron chi connectivity index (χ0n) is 7.24. The van der Waals surface area contributed by atoms with Crippen molar-refractivity contribution in [1.82, 2.24) is 4.98 Å². The average Bonchev–Trinajstić information content (AvgIpc) is 2.15. The quantitative estimate of drug-likeness (QED) is 0.561. The normalized spacial score (nSPS) is 13.7. The van der Waals surface area contributed by atoms with Crippen LogP contribution in [0, 0.1) is 0 Å². The molecule has 1 aromatic heterocycles. The van der Waals surface area contributed by atoms with Gasteiger partial charge in [0.15, 0.2) is 0 Å². The van der Waals surface area contributed by atoms with Crippen molar-refractivity contribution in [2.24, 2.45) is 0 Å². The number of rotatable bonds is 2. The molecule has 1 atom stereocenters. The van der Waals surface area contributed by atoms with Gasteiger partial charge >= 0.3 is 13.3 Å². The number of hydrogen-bond acceptors (Lipinski definition) is 3. The highest BCUT2D eigenvalue weighted by atomic mass is 19.4. The predicted octanol–water partition coefficient (Wildman–Crippen LogP) is 0.334. The molecule has 0 aliphatic heterocycles. The van der Waals surface area contributed by atoms with Crippen LogP contribution in [0.5, 0.6) is 0 Å². The summed E-state index contributed by atoms with van der Waals surface area (Å²) in [7, 11) is -1.97. The fourth-order valence-electron chi connectivity index (χ4n) is 0.945. The second-order valence-corrected chi connectivity index (χ2v) is 2.83. The van der Waals surface area contributed by atoms with E-state index in [1.54, 1.807) is 0 Å². The molecule has 1 aromatic rings. The predicted molar refractivity (Wildman–Crippen MR) is 44.0 cm³/mol. The molecular weight excluding hydrogens is 217 g/mol. The molecule has 0 saturated heterocycles. The van der Waals surface area contributed by atoms with Crippen LogP contribution in [-0.4, -0.2) is 28.3 Å². The lowest BCUT2D eigenvalue weighted by molar-refractivity contribution is -0.182. The number of halogens is 4. The fraction of sp³-hybridized carbons (Fsp3) is 0.286. The molecule has 1 rings (SSSR count). The summed E-state index contributed by atoms with van der Waals surface area (Å²) in [6, 6.07) is 0.704. The summed E-state index contributed by atoms with van der Waals surface area (Å²) in [6.07, 6.45) is -6.58. The van der Waals surface area contributed by atoms with Gasteiger partial charge in [-0.15, -0.1) is 0 Å². The SMILES string of the molecule is OB(O)c1cncc(C(F)C(F)(F)F)c1.